The van der Waals surface area contributed by atoms with Gasteiger partial charge in [0.2, 0.25) is 5.91 Å². The predicted octanol–water partition coefficient (Wildman–Crippen LogP) is 1.41. The first-order chi connectivity index (χ1) is 12.4. The summed E-state index contributed by atoms with van der Waals surface area (Å²) in [5, 5.41) is 14.1. The summed E-state index contributed by atoms with van der Waals surface area (Å²) < 4.78 is 1.79. The Morgan fingerprint density at radius 2 is 2.00 bits per heavy atom. The lowest BCUT2D eigenvalue weighted by molar-refractivity contribution is -0.142. The topological polar surface area (TPSA) is 78.7 Å². The third kappa shape index (κ3) is 3.24. The van der Waals surface area contributed by atoms with Crippen LogP contribution in [0, 0.1) is 18.3 Å². The summed E-state index contributed by atoms with van der Waals surface area (Å²) >= 11 is 0. The Hall–Kier alpha value is -1.89. The normalized spacial score (nSPS) is 25.8. The maximum atomic E-state index is 12.3. The largest absolute Gasteiger partial charge is 0.480 e. The molecule has 0 radical (unpaired) electrons. The molecule has 1 amide bonds. The zero-order chi connectivity index (χ0) is 18.5. The predicted molar refractivity (Wildman–Crippen MR) is 95.4 cm³/mol. The highest BCUT2D eigenvalue weighted by molar-refractivity contribution is 5.81. The average Bonchev–Trinajstić information content (AvgIpc) is 3.31. The number of likely N-dealkylation sites (tertiary alicyclic amines) is 2. The van der Waals surface area contributed by atoms with Crippen molar-refractivity contribution in [2.75, 3.05) is 19.6 Å². The summed E-state index contributed by atoms with van der Waals surface area (Å²) in [6, 6.07) is -0.444. The van der Waals surface area contributed by atoms with Crippen LogP contribution in [0.3, 0.4) is 0 Å². The number of amides is 1. The van der Waals surface area contributed by atoms with E-state index in [1.807, 2.05) is 25.1 Å². The standard InChI is InChI=1S/C19H28N4O3/c1-13-15(10-21(2)20-13)11-23-12-19(9-16(23)18(25)26)5-7-22(8-6-19)17(24)14-3-4-14/h10,14,16H,3-9,11-12H2,1-2H3,(H,25,26). The molecule has 7 heteroatoms. The number of aliphatic carboxylic acids is 1. The molecule has 2 saturated heterocycles. The van der Waals surface area contributed by atoms with E-state index in [9.17, 15) is 14.7 Å². The second-order valence-corrected chi connectivity index (χ2v) is 8.48. The number of carboxylic acids is 1. The second-order valence-electron chi connectivity index (χ2n) is 8.48. The minimum absolute atomic E-state index is 0.0273. The van der Waals surface area contributed by atoms with Gasteiger partial charge in [0.25, 0.3) is 0 Å². The quantitative estimate of drug-likeness (QED) is 0.878. The lowest BCUT2D eigenvalue weighted by atomic mass is 9.76. The van der Waals surface area contributed by atoms with Gasteiger partial charge in [-0.3, -0.25) is 19.2 Å². The Bertz CT molecular complexity index is 716. The highest BCUT2D eigenvalue weighted by atomic mass is 16.4. The smallest absolute Gasteiger partial charge is 0.320 e. The van der Waals surface area contributed by atoms with E-state index in [0.717, 1.165) is 56.6 Å². The molecule has 1 spiro atoms. The molecule has 1 atom stereocenters. The Labute approximate surface area is 153 Å². The lowest BCUT2D eigenvalue weighted by Gasteiger charge is -2.39. The molecule has 1 aromatic rings. The number of carbonyl (C=O) groups excluding carboxylic acids is 1. The summed E-state index contributed by atoms with van der Waals surface area (Å²) in [7, 11) is 1.89. The first kappa shape index (κ1) is 17.5. The first-order valence-electron chi connectivity index (χ1n) is 9.62. The number of aromatic nitrogens is 2. The van der Waals surface area contributed by atoms with Gasteiger partial charge < -0.3 is 10.0 Å². The van der Waals surface area contributed by atoms with Gasteiger partial charge in [0.05, 0.1) is 5.69 Å². The molecule has 1 saturated carbocycles. The molecule has 7 nitrogen and oxygen atoms in total. The molecular weight excluding hydrogens is 332 g/mol. The molecule has 3 fully saturated rings. The summed E-state index contributed by atoms with van der Waals surface area (Å²) in [5.41, 5.74) is 2.08. The Balaban J connectivity index is 1.45. The zero-order valence-electron chi connectivity index (χ0n) is 15.6. The van der Waals surface area contributed by atoms with Gasteiger partial charge in [-0.05, 0) is 44.4 Å². The minimum atomic E-state index is -0.736. The molecule has 1 N–H and O–H groups in total. The Kier molecular flexibility index (Phi) is 4.29. The van der Waals surface area contributed by atoms with Gasteiger partial charge in [-0.1, -0.05) is 0 Å². The summed E-state index contributed by atoms with van der Waals surface area (Å²) in [4.78, 5) is 28.3. The number of rotatable bonds is 4. The van der Waals surface area contributed by atoms with Gasteiger partial charge in [-0.25, -0.2) is 0 Å². The molecule has 3 heterocycles. The van der Waals surface area contributed by atoms with Crippen molar-refractivity contribution in [3.63, 3.8) is 0 Å². The molecule has 0 aromatic carbocycles. The number of carbonyl (C=O) groups is 2. The second kappa shape index (κ2) is 6.37. The molecule has 0 bridgehead atoms. The fourth-order valence-corrected chi connectivity index (χ4v) is 4.73. The maximum Gasteiger partial charge on any atom is 0.320 e. The third-order valence-corrected chi connectivity index (χ3v) is 6.44. The number of nitrogens with zero attached hydrogens (tertiary/aromatic N) is 4. The number of piperidine rings is 1. The number of hydrogen-bond acceptors (Lipinski definition) is 4. The molecule has 1 aliphatic carbocycles. The van der Waals surface area contributed by atoms with Crippen LogP contribution in [-0.2, 0) is 23.2 Å². The summed E-state index contributed by atoms with van der Waals surface area (Å²) in [6.45, 7) is 4.95. The van der Waals surface area contributed by atoms with Gasteiger partial charge in [0, 0.05) is 50.9 Å². The number of aryl methyl sites for hydroxylation is 2. The molecule has 3 aliphatic rings. The Morgan fingerprint density at radius 1 is 1.31 bits per heavy atom. The van der Waals surface area contributed by atoms with Gasteiger partial charge >= 0.3 is 5.97 Å². The summed E-state index contributed by atoms with van der Waals surface area (Å²) in [5.74, 6) is -0.153. The number of hydrogen-bond donors (Lipinski definition) is 1. The van der Waals surface area contributed by atoms with E-state index >= 15 is 0 Å². The van der Waals surface area contributed by atoms with Crippen molar-refractivity contribution in [3.8, 4) is 0 Å². The third-order valence-electron chi connectivity index (χ3n) is 6.44. The van der Waals surface area contributed by atoms with Crippen LogP contribution in [0.4, 0.5) is 0 Å². The maximum absolute atomic E-state index is 12.3. The Morgan fingerprint density at radius 3 is 2.54 bits per heavy atom. The van der Waals surface area contributed by atoms with Crippen LogP contribution in [0.2, 0.25) is 0 Å². The summed E-state index contributed by atoms with van der Waals surface area (Å²) in [6.07, 6.45) is 6.58. The van der Waals surface area contributed by atoms with Crippen LogP contribution in [0.5, 0.6) is 0 Å². The zero-order valence-corrected chi connectivity index (χ0v) is 15.6. The molecule has 142 valence electrons. The van der Waals surface area contributed by atoms with E-state index in [2.05, 4.69) is 10.00 Å². The number of carboxylic acid groups (broad SMARTS) is 1. The fraction of sp³-hybridized carbons (Fsp3) is 0.737. The molecule has 4 rings (SSSR count). The van der Waals surface area contributed by atoms with Crippen LogP contribution < -0.4 is 0 Å². The molecule has 1 aromatic heterocycles. The first-order valence-corrected chi connectivity index (χ1v) is 9.62. The van der Waals surface area contributed by atoms with E-state index in [-0.39, 0.29) is 11.3 Å². The van der Waals surface area contributed by atoms with Crippen LogP contribution in [0.25, 0.3) is 0 Å². The van der Waals surface area contributed by atoms with Crippen LogP contribution in [0.15, 0.2) is 6.20 Å². The van der Waals surface area contributed by atoms with E-state index in [4.69, 9.17) is 0 Å². The SMILES string of the molecule is Cc1nn(C)cc1CN1CC2(CCN(C(=O)C3CC3)CC2)CC1C(=O)O. The van der Waals surface area contributed by atoms with Gasteiger partial charge in [-0.15, -0.1) is 0 Å². The van der Waals surface area contributed by atoms with Crippen molar-refractivity contribution in [1.29, 1.82) is 0 Å². The fourth-order valence-electron chi connectivity index (χ4n) is 4.73. The van der Waals surface area contributed by atoms with Crippen molar-refractivity contribution < 1.29 is 14.7 Å². The molecular formula is C19H28N4O3. The van der Waals surface area contributed by atoms with Crippen molar-refractivity contribution in [2.24, 2.45) is 18.4 Å². The van der Waals surface area contributed by atoms with Crippen LogP contribution in [0.1, 0.15) is 43.4 Å². The lowest BCUT2D eigenvalue weighted by Crippen LogP contribution is -2.44. The molecule has 1 unspecified atom stereocenters. The van der Waals surface area contributed by atoms with Crippen molar-refractivity contribution in [3.05, 3.63) is 17.5 Å². The van der Waals surface area contributed by atoms with Gasteiger partial charge in [0.15, 0.2) is 0 Å². The van der Waals surface area contributed by atoms with Gasteiger partial charge in [-0.2, -0.15) is 5.10 Å². The van der Waals surface area contributed by atoms with Crippen LogP contribution >= 0.6 is 0 Å². The van der Waals surface area contributed by atoms with Crippen LogP contribution in [-0.4, -0.2) is 62.2 Å². The molecule has 2 aliphatic heterocycles. The minimum Gasteiger partial charge on any atom is -0.480 e. The average molecular weight is 360 g/mol. The van der Waals surface area contributed by atoms with Crippen molar-refractivity contribution in [2.45, 2.75) is 51.6 Å². The van der Waals surface area contributed by atoms with E-state index < -0.39 is 12.0 Å². The highest BCUT2D eigenvalue weighted by Gasteiger charge is 2.49. The van der Waals surface area contributed by atoms with E-state index in [1.54, 1.807) is 4.68 Å². The monoisotopic (exact) mass is 360 g/mol. The molecule has 26 heavy (non-hydrogen) atoms. The van der Waals surface area contributed by atoms with E-state index in [0.29, 0.717) is 18.9 Å². The van der Waals surface area contributed by atoms with Crippen molar-refractivity contribution in [1.82, 2.24) is 19.6 Å². The van der Waals surface area contributed by atoms with Gasteiger partial charge in [0.1, 0.15) is 6.04 Å². The van der Waals surface area contributed by atoms with E-state index in [1.165, 1.54) is 0 Å². The van der Waals surface area contributed by atoms with Crippen molar-refractivity contribution >= 4 is 11.9 Å². The highest BCUT2D eigenvalue weighted by Crippen LogP contribution is 2.45.